The Bertz CT molecular complexity index is 1350. The fourth-order valence-corrected chi connectivity index (χ4v) is 4.29. The second-order valence-electron chi connectivity index (χ2n) is 8.13. The van der Waals surface area contributed by atoms with Gasteiger partial charge in [0, 0.05) is 52.9 Å². The van der Waals surface area contributed by atoms with E-state index < -0.39 is 0 Å². The number of H-pyrrole nitrogens is 1. The first kappa shape index (κ1) is 19.2. The van der Waals surface area contributed by atoms with E-state index in [1.54, 1.807) is 22.9 Å². The topological polar surface area (TPSA) is 92.7 Å². The largest absolute Gasteiger partial charge is 0.361 e. The zero-order chi connectivity index (χ0) is 21.4. The second-order valence-corrected chi connectivity index (χ2v) is 8.13. The van der Waals surface area contributed by atoms with Crippen molar-refractivity contribution in [1.29, 1.82) is 0 Å². The molecule has 31 heavy (non-hydrogen) atoms. The highest BCUT2D eigenvalue weighted by atomic mass is 16.1. The fraction of sp³-hybridized carbons (Fsp3) is 0.250. The van der Waals surface area contributed by atoms with Gasteiger partial charge < -0.3 is 10.3 Å². The predicted molar refractivity (Wildman–Crippen MR) is 121 cm³/mol. The van der Waals surface area contributed by atoms with Gasteiger partial charge in [0.15, 0.2) is 5.78 Å². The van der Waals surface area contributed by atoms with E-state index in [1.807, 2.05) is 30.5 Å². The number of carbonyl (C=O) groups is 1. The first-order chi connectivity index (χ1) is 15.1. The van der Waals surface area contributed by atoms with E-state index in [2.05, 4.69) is 26.8 Å². The third kappa shape index (κ3) is 3.74. The van der Waals surface area contributed by atoms with Crippen LogP contribution >= 0.6 is 0 Å². The molecule has 156 valence electrons. The number of nitrogens with one attached hydrogen (secondary N) is 2. The Kier molecular flexibility index (Phi) is 4.86. The summed E-state index contributed by atoms with van der Waals surface area (Å²) in [6.45, 7) is 4.13. The highest BCUT2D eigenvalue weighted by molar-refractivity contribution is 5.91. The average molecular weight is 413 g/mol. The molecule has 0 radical (unpaired) electrons. The number of benzene rings is 1. The van der Waals surface area contributed by atoms with Gasteiger partial charge in [0.2, 0.25) is 5.95 Å². The molecule has 0 bridgehead atoms. The number of ketones is 1. The van der Waals surface area contributed by atoms with Crippen LogP contribution in [0, 0.1) is 11.8 Å². The number of pyridine rings is 1. The summed E-state index contributed by atoms with van der Waals surface area (Å²) in [4.78, 5) is 36.5. The minimum absolute atomic E-state index is 0.0797. The van der Waals surface area contributed by atoms with Crippen LogP contribution in [-0.4, -0.2) is 25.3 Å². The molecule has 0 amide bonds. The zero-order valence-electron chi connectivity index (χ0n) is 17.0. The van der Waals surface area contributed by atoms with Crippen LogP contribution in [0.1, 0.15) is 19.3 Å². The lowest BCUT2D eigenvalue weighted by molar-refractivity contribution is -0.122. The quantitative estimate of drug-likeness (QED) is 0.443. The van der Waals surface area contributed by atoms with Crippen LogP contribution < -0.4 is 10.9 Å². The van der Waals surface area contributed by atoms with Crippen molar-refractivity contribution in [3.63, 3.8) is 0 Å². The van der Waals surface area contributed by atoms with Gasteiger partial charge in [-0.25, -0.2) is 4.98 Å². The van der Waals surface area contributed by atoms with Crippen molar-refractivity contribution in [2.75, 3.05) is 5.32 Å². The number of anilines is 2. The molecule has 0 atom stereocenters. The van der Waals surface area contributed by atoms with Gasteiger partial charge in [-0.2, -0.15) is 4.98 Å². The fourth-order valence-electron chi connectivity index (χ4n) is 4.29. The van der Waals surface area contributed by atoms with E-state index in [1.165, 1.54) is 6.08 Å². The monoisotopic (exact) mass is 413 g/mol. The van der Waals surface area contributed by atoms with Crippen LogP contribution in [-0.2, 0) is 11.3 Å². The van der Waals surface area contributed by atoms with Crippen LogP contribution in [0.25, 0.3) is 21.9 Å². The Hall–Kier alpha value is -3.74. The van der Waals surface area contributed by atoms with Crippen molar-refractivity contribution in [3.8, 4) is 0 Å². The Morgan fingerprint density at radius 1 is 1.23 bits per heavy atom. The Balaban J connectivity index is 1.36. The van der Waals surface area contributed by atoms with Gasteiger partial charge in [0.05, 0.1) is 0 Å². The highest BCUT2D eigenvalue weighted by Gasteiger charge is 2.32. The van der Waals surface area contributed by atoms with Crippen LogP contribution in [0.4, 0.5) is 11.6 Å². The lowest BCUT2D eigenvalue weighted by atomic mass is 9.71. The van der Waals surface area contributed by atoms with E-state index in [4.69, 9.17) is 0 Å². The molecule has 2 N–H and O–H groups in total. The molecule has 1 aliphatic rings. The van der Waals surface area contributed by atoms with Crippen molar-refractivity contribution in [2.24, 2.45) is 11.8 Å². The minimum atomic E-state index is -0.0797. The van der Waals surface area contributed by atoms with Crippen molar-refractivity contribution >= 4 is 39.4 Å². The smallest absolute Gasteiger partial charge is 0.252 e. The first-order valence-electron chi connectivity index (χ1n) is 10.5. The highest BCUT2D eigenvalue weighted by Crippen LogP contribution is 2.37. The molecule has 1 saturated carbocycles. The van der Waals surface area contributed by atoms with Gasteiger partial charge in [-0.1, -0.05) is 6.58 Å². The minimum Gasteiger partial charge on any atom is -0.361 e. The molecule has 1 aliphatic carbocycles. The molecule has 3 heterocycles. The Labute approximate surface area is 178 Å². The normalized spacial score (nSPS) is 18.1. The SMILES string of the molecule is C=CC(=O)C1CC(CCn2c(=O)ccc3cnc(Nc4ccc5[nH]ccc5c4)nc32)C1. The lowest BCUT2D eigenvalue weighted by Gasteiger charge is -2.33. The molecule has 0 spiro atoms. The van der Waals surface area contributed by atoms with Gasteiger partial charge in [-0.05, 0) is 61.6 Å². The second kappa shape index (κ2) is 7.83. The molecule has 3 aromatic heterocycles. The molecule has 0 aliphatic heterocycles. The number of hydrogen-bond acceptors (Lipinski definition) is 5. The summed E-state index contributed by atoms with van der Waals surface area (Å²) in [6, 6.07) is 11.3. The molecule has 0 unspecified atom stereocenters. The van der Waals surface area contributed by atoms with Gasteiger partial charge in [-0.3, -0.25) is 14.2 Å². The summed E-state index contributed by atoms with van der Waals surface area (Å²) in [6.07, 6.45) is 7.63. The maximum absolute atomic E-state index is 12.6. The number of aromatic amines is 1. The number of hydrogen-bond donors (Lipinski definition) is 2. The lowest BCUT2D eigenvalue weighted by Crippen LogP contribution is -2.31. The maximum atomic E-state index is 12.6. The number of allylic oxidation sites excluding steroid dienone is 1. The van der Waals surface area contributed by atoms with Crippen molar-refractivity contribution < 1.29 is 4.79 Å². The standard InChI is InChI=1S/C24H23N5O2/c1-2-21(30)18-11-15(12-18)8-10-29-22(31)6-3-17-14-26-24(28-23(17)29)27-19-4-5-20-16(13-19)7-9-25-20/h2-7,9,13-15,18,25H,1,8,10-12H2,(H,26,27,28). The van der Waals surface area contributed by atoms with E-state index in [0.717, 1.165) is 41.2 Å². The Morgan fingerprint density at radius 3 is 2.94 bits per heavy atom. The molecule has 1 aromatic carbocycles. The third-order valence-corrected chi connectivity index (χ3v) is 6.13. The van der Waals surface area contributed by atoms with Gasteiger partial charge in [0.25, 0.3) is 5.56 Å². The first-order valence-corrected chi connectivity index (χ1v) is 10.5. The summed E-state index contributed by atoms with van der Waals surface area (Å²) in [7, 11) is 0. The molecule has 0 saturated heterocycles. The molecule has 5 rings (SSSR count). The Morgan fingerprint density at radius 2 is 2.10 bits per heavy atom. The third-order valence-electron chi connectivity index (χ3n) is 6.13. The maximum Gasteiger partial charge on any atom is 0.252 e. The molecule has 7 heteroatoms. The summed E-state index contributed by atoms with van der Waals surface area (Å²) in [5, 5.41) is 5.15. The van der Waals surface area contributed by atoms with Gasteiger partial charge in [-0.15, -0.1) is 0 Å². The van der Waals surface area contributed by atoms with Crippen LogP contribution in [0.5, 0.6) is 0 Å². The van der Waals surface area contributed by atoms with E-state index >= 15 is 0 Å². The van der Waals surface area contributed by atoms with Crippen LogP contribution in [0.2, 0.25) is 0 Å². The van der Waals surface area contributed by atoms with E-state index in [0.29, 0.717) is 24.1 Å². The number of nitrogens with zero attached hydrogens (tertiary/aromatic N) is 3. The summed E-state index contributed by atoms with van der Waals surface area (Å²) in [5.74, 6) is 1.12. The van der Waals surface area contributed by atoms with Crippen molar-refractivity contribution in [1.82, 2.24) is 19.5 Å². The van der Waals surface area contributed by atoms with E-state index in [9.17, 15) is 9.59 Å². The number of carbonyl (C=O) groups excluding carboxylic acids is 1. The molecular weight excluding hydrogens is 390 g/mol. The molecule has 4 aromatic rings. The van der Waals surface area contributed by atoms with Crippen molar-refractivity contribution in [2.45, 2.75) is 25.8 Å². The van der Waals surface area contributed by atoms with E-state index in [-0.39, 0.29) is 17.3 Å². The zero-order valence-corrected chi connectivity index (χ0v) is 17.0. The summed E-state index contributed by atoms with van der Waals surface area (Å²) in [5.41, 5.74) is 2.48. The van der Waals surface area contributed by atoms with Crippen LogP contribution in [0.15, 0.2) is 66.2 Å². The average Bonchev–Trinajstić information content (AvgIpc) is 3.21. The number of fused-ring (bicyclic) bond motifs is 2. The summed E-state index contributed by atoms with van der Waals surface area (Å²) < 4.78 is 1.71. The summed E-state index contributed by atoms with van der Waals surface area (Å²) >= 11 is 0. The number of aromatic nitrogens is 4. The van der Waals surface area contributed by atoms with Gasteiger partial charge >= 0.3 is 0 Å². The van der Waals surface area contributed by atoms with Crippen molar-refractivity contribution in [3.05, 3.63) is 71.8 Å². The predicted octanol–water partition coefficient (Wildman–Crippen LogP) is 4.19. The molecule has 1 fully saturated rings. The van der Waals surface area contributed by atoms with Crippen LogP contribution in [0.3, 0.4) is 0 Å². The van der Waals surface area contributed by atoms with Gasteiger partial charge in [0.1, 0.15) is 5.65 Å². The number of aryl methyl sites for hydroxylation is 1. The molecular formula is C24H23N5O2. The number of rotatable bonds is 7. The molecule has 7 nitrogen and oxygen atoms in total.